The number of nitrogens with two attached hydrogens (primary N) is 1. The molecule has 0 saturated heterocycles. The lowest BCUT2D eigenvalue weighted by molar-refractivity contribution is -0.0505. The fourth-order valence-corrected chi connectivity index (χ4v) is 1.51. The van der Waals surface area contributed by atoms with Gasteiger partial charge in [0.1, 0.15) is 0 Å². The quantitative estimate of drug-likeness (QED) is 0.773. The van der Waals surface area contributed by atoms with Crippen LogP contribution >= 0.6 is 0 Å². The average Bonchev–Trinajstić information content (AvgIpc) is 2.29. The summed E-state index contributed by atoms with van der Waals surface area (Å²) < 4.78 is 11.3. The van der Waals surface area contributed by atoms with E-state index in [0.717, 1.165) is 5.56 Å². The normalized spacial score (nSPS) is 13.6. The second-order valence-corrected chi connectivity index (χ2v) is 4.97. The zero-order valence-corrected chi connectivity index (χ0v) is 11.0. The minimum Gasteiger partial charge on any atom is -0.373 e. The van der Waals surface area contributed by atoms with Crippen LogP contribution in [-0.2, 0) is 9.47 Å². The van der Waals surface area contributed by atoms with Crippen LogP contribution in [0.15, 0.2) is 30.3 Å². The molecule has 0 spiro atoms. The van der Waals surface area contributed by atoms with Crippen LogP contribution in [0.3, 0.4) is 0 Å². The zero-order chi connectivity index (χ0) is 12.7. The molecule has 17 heavy (non-hydrogen) atoms. The van der Waals surface area contributed by atoms with Crippen molar-refractivity contribution in [1.82, 2.24) is 0 Å². The topological polar surface area (TPSA) is 44.5 Å². The van der Waals surface area contributed by atoms with Gasteiger partial charge in [-0.3, -0.25) is 0 Å². The number of benzene rings is 1. The maximum absolute atomic E-state index is 5.72. The Bertz CT molecular complexity index is 306. The highest BCUT2D eigenvalue weighted by atomic mass is 16.5. The highest BCUT2D eigenvalue weighted by Crippen LogP contribution is 2.15. The van der Waals surface area contributed by atoms with Crippen molar-refractivity contribution in [3.8, 4) is 0 Å². The summed E-state index contributed by atoms with van der Waals surface area (Å²) in [6.07, 6.45) is -0.0419. The third kappa shape index (κ3) is 5.82. The molecule has 2 N–H and O–H groups in total. The molecule has 3 nitrogen and oxygen atoms in total. The highest BCUT2D eigenvalue weighted by molar-refractivity contribution is 5.17. The molecule has 0 aliphatic carbocycles. The summed E-state index contributed by atoms with van der Waals surface area (Å²) in [7, 11) is 0. The third-order valence-electron chi connectivity index (χ3n) is 2.32. The van der Waals surface area contributed by atoms with Gasteiger partial charge >= 0.3 is 0 Å². The molecule has 1 unspecified atom stereocenters. The van der Waals surface area contributed by atoms with Crippen LogP contribution in [-0.4, -0.2) is 25.4 Å². The molecule has 0 aliphatic heterocycles. The second kappa shape index (κ2) is 6.74. The minimum atomic E-state index is -0.117. The molecule has 1 aromatic carbocycles. The summed E-state index contributed by atoms with van der Waals surface area (Å²) in [5.74, 6) is 0. The van der Waals surface area contributed by atoms with E-state index in [1.165, 1.54) is 0 Å². The molecule has 0 aromatic heterocycles. The van der Waals surface area contributed by atoms with Gasteiger partial charge in [0.05, 0.1) is 24.9 Å². The summed E-state index contributed by atoms with van der Waals surface area (Å²) in [6, 6.07) is 10.0. The van der Waals surface area contributed by atoms with Crippen LogP contribution in [0.25, 0.3) is 0 Å². The molecule has 0 amide bonds. The molecule has 0 radical (unpaired) electrons. The lowest BCUT2D eigenvalue weighted by Crippen LogP contribution is -2.23. The van der Waals surface area contributed by atoms with E-state index in [0.29, 0.717) is 19.8 Å². The molecule has 0 aliphatic rings. The largest absolute Gasteiger partial charge is 0.373 e. The lowest BCUT2D eigenvalue weighted by atomic mass is 10.1. The zero-order valence-electron chi connectivity index (χ0n) is 11.0. The SMILES string of the molecule is CC(C)(C)OCCOC(CN)c1ccccc1. The number of hydrogen-bond donors (Lipinski definition) is 1. The van der Waals surface area contributed by atoms with Crippen molar-refractivity contribution in [3.05, 3.63) is 35.9 Å². The lowest BCUT2D eigenvalue weighted by Gasteiger charge is -2.21. The predicted molar refractivity (Wildman–Crippen MR) is 69.9 cm³/mol. The van der Waals surface area contributed by atoms with Gasteiger partial charge in [-0.15, -0.1) is 0 Å². The van der Waals surface area contributed by atoms with E-state index >= 15 is 0 Å². The Labute approximate surface area is 104 Å². The van der Waals surface area contributed by atoms with Gasteiger partial charge in [0, 0.05) is 6.54 Å². The van der Waals surface area contributed by atoms with Gasteiger partial charge in [-0.05, 0) is 26.3 Å². The third-order valence-corrected chi connectivity index (χ3v) is 2.32. The van der Waals surface area contributed by atoms with Gasteiger partial charge in [0.25, 0.3) is 0 Å². The molecule has 0 saturated carbocycles. The molecule has 0 bridgehead atoms. The fourth-order valence-electron chi connectivity index (χ4n) is 1.51. The van der Waals surface area contributed by atoms with Gasteiger partial charge in [-0.1, -0.05) is 30.3 Å². The smallest absolute Gasteiger partial charge is 0.0948 e. The molecular formula is C14H23NO2. The Morgan fingerprint density at radius 3 is 2.29 bits per heavy atom. The molecule has 1 aromatic rings. The summed E-state index contributed by atoms with van der Waals surface area (Å²) >= 11 is 0. The van der Waals surface area contributed by atoms with Crippen molar-refractivity contribution in [2.45, 2.75) is 32.5 Å². The van der Waals surface area contributed by atoms with Crippen molar-refractivity contribution in [3.63, 3.8) is 0 Å². The first-order chi connectivity index (χ1) is 8.03. The summed E-state index contributed by atoms with van der Waals surface area (Å²) in [4.78, 5) is 0. The monoisotopic (exact) mass is 237 g/mol. The van der Waals surface area contributed by atoms with Crippen molar-refractivity contribution in [2.75, 3.05) is 19.8 Å². The van der Waals surface area contributed by atoms with Crippen molar-refractivity contribution < 1.29 is 9.47 Å². The highest BCUT2D eigenvalue weighted by Gasteiger charge is 2.12. The summed E-state index contributed by atoms with van der Waals surface area (Å²) in [6.45, 7) is 7.74. The fraction of sp³-hybridized carbons (Fsp3) is 0.571. The van der Waals surface area contributed by atoms with Crippen LogP contribution in [0.2, 0.25) is 0 Å². The molecule has 3 heteroatoms. The standard InChI is InChI=1S/C14H23NO2/c1-14(2,3)17-10-9-16-13(11-15)12-7-5-4-6-8-12/h4-8,13H,9-11,15H2,1-3H3. The van der Waals surface area contributed by atoms with Crippen LogP contribution in [0.5, 0.6) is 0 Å². The molecule has 1 rings (SSSR count). The minimum absolute atomic E-state index is 0.0419. The maximum atomic E-state index is 5.72. The van der Waals surface area contributed by atoms with E-state index in [-0.39, 0.29) is 11.7 Å². The van der Waals surface area contributed by atoms with Crippen molar-refractivity contribution in [1.29, 1.82) is 0 Å². The first-order valence-corrected chi connectivity index (χ1v) is 6.03. The Kier molecular flexibility index (Phi) is 5.62. The van der Waals surface area contributed by atoms with Crippen LogP contribution in [0.1, 0.15) is 32.4 Å². The first kappa shape index (κ1) is 14.2. The number of rotatable bonds is 6. The maximum Gasteiger partial charge on any atom is 0.0948 e. The Balaban J connectivity index is 2.34. The number of ether oxygens (including phenoxy) is 2. The first-order valence-electron chi connectivity index (χ1n) is 6.03. The van der Waals surface area contributed by atoms with Crippen LogP contribution < -0.4 is 5.73 Å². The average molecular weight is 237 g/mol. The van der Waals surface area contributed by atoms with Gasteiger partial charge in [-0.2, -0.15) is 0 Å². The van der Waals surface area contributed by atoms with Gasteiger partial charge < -0.3 is 15.2 Å². The Morgan fingerprint density at radius 1 is 1.12 bits per heavy atom. The molecule has 0 fully saturated rings. The second-order valence-electron chi connectivity index (χ2n) is 4.97. The Hall–Kier alpha value is -0.900. The molecular weight excluding hydrogens is 214 g/mol. The summed E-state index contributed by atoms with van der Waals surface area (Å²) in [5.41, 5.74) is 6.71. The molecule has 1 atom stereocenters. The van der Waals surface area contributed by atoms with E-state index in [4.69, 9.17) is 15.2 Å². The van der Waals surface area contributed by atoms with E-state index in [9.17, 15) is 0 Å². The summed E-state index contributed by atoms with van der Waals surface area (Å²) in [5, 5.41) is 0. The van der Waals surface area contributed by atoms with Gasteiger partial charge in [0.15, 0.2) is 0 Å². The van der Waals surface area contributed by atoms with E-state index < -0.39 is 0 Å². The van der Waals surface area contributed by atoms with Gasteiger partial charge in [-0.25, -0.2) is 0 Å². The van der Waals surface area contributed by atoms with E-state index in [2.05, 4.69) is 0 Å². The molecule has 0 heterocycles. The van der Waals surface area contributed by atoms with E-state index in [1.54, 1.807) is 0 Å². The molecule has 96 valence electrons. The van der Waals surface area contributed by atoms with Crippen LogP contribution in [0.4, 0.5) is 0 Å². The van der Waals surface area contributed by atoms with E-state index in [1.807, 2.05) is 51.1 Å². The van der Waals surface area contributed by atoms with Crippen LogP contribution in [0, 0.1) is 0 Å². The Morgan fingerprint density at radius 2 is 1.76 bits per heavy atom. The van der Waals surface area contributed by atoms with Crippen molar-refractivity contribution in [2.24, 2.45) is 5.73 Å². The van der Waals surface area contributed by atoms with Gasteiger partial charge in [0.2, 0.25) is 0 Å². The predicted octanol–water partition coefficient (Wildman–Crippen LogP) is 2.52. The van der Waals surface area contributed by atoms with Crippen molar-refractivity contribution >= 4 is 0 Å². The number of hydrogen-bond acceptors (Lipinski definition) is 3.